The van der Waals surface area contributed by atoms with Gasteiger partial charge in [0.1, 0.15) is 5.75 Å². The lowest BCUT2D eigenvalue weighted by Crippen LogP contribution is -1.96. The van der Waals surface area contributed by atoms with Crippen molar-refractivity contribution in [2.45, 2.75) is 26.2 Å². The summed E-state index contributed by atoms with van der Waals surface area (Å²) in [5.41, 5.74) is 3.03. The summed E-state index contributed by atoms with van der Waals surface area (Å²) in [6, 6.07) is 8.63. The zero-order chi connectivity index (χ0) is 17.9. The number of halogens is 2. The molecule has 2 N–H and O–H groups in total. The Hall–Kier alpha value is -2.15. The number of carboxylic acids is 1. The average Bonchev–Trinajstić information content (AvgIpc) is 2.50. The second-order valence-corrected chi connectivity index (χ2v) is 6.51. The molecule has 3 nitrogen and oxygen atoms in total. The molecule has 0 heterocycles. The van der Waals surface area contributed by atoms with Crippen LogP contribution in [0.5, 0.6) is 5.75 Å². The molecule has 0 bridgehead atoms. The van der Waals surface area contributed by atoms with Crippen LogP contribution in [0.25, 0.3) is 0 Å². The number of hydrogen-bond acceptors (Lipinski definition) is 2. The Bertz CT molecular complexity index is 822. The normalized spacial score (nSPS) is 10.4. The number of phenols is 1. The smallest absolute Gasteiger partial charge is 0.382 e. The molecule has 0 unspecified atom stereocenters. The van der Waals surface area contributed by atoms with Crippen molar-refractivity contribution >= 4 is 29.2 Å². The summed E-state index contributed by atoms with van der Waals surface area (Å²) in [5, 5.41) is 19.4. The third-order valence-corrected chi connectivity index (χ3v) is 4.22. The van der Waals surface area contributed by atoms with Crippen LogP contribution in [0, 0.1) is 11.8 Å². The Balaban J connectivity index is 2.36. The summed E-state index contributed by atoms with van der Waals surface area (Å²) in [7, 11) is 0. The number of phenolic OH excluding ortho intramolecular Hbond substituents is 1. The number of aliphatic carboxylic acids is 1. The molecule has 2 aromatic rings. The summed E-state index contributed by atoms with van der Waals surface area (Å²) in [4.78, 5) is 10.5. The van der Waals surface area contributed by atoms with E-state index >= 15 is 0 Å². The van der Waals surface area contributed by atoms with E-state index in [-0.39, 0.29) is 11.7 Å². The quantitative estimate of drug-likeness (QED) is 0.767. The van der Waals surface area contributed by atoms with E-state index in [1.807, 2.05) is 31.9 Å². The Morgan fingerprint density at radius 3 is 2.33 bits per heavy atom. The first kappa shape index (κ1) is 18.2. The maximum atomic E-state index is 10.5. The van der Waals surface area contributed by atoms with Gasteiger partial charge in [0, 0.05) is 27.9 Å². The van der Waals surface area contributed by atoms with Crippen molar-refractivity contribution in [2.24, 2.45) is 0 Å². The molecule has 0 aliphatic heterocycles. The molecular formula is C19H16Cl2O3. The molecule has 0 atom stereocenters. The van der Waals surface area contributed by atoms with E-state index in [4.69, 9.17) is 28.3 Å². The number of carboxylic acid groups (broad SMARTS) is 1. The number of hydrogen-bond donors (Lipinski definition) is 2. The van der Waals surface area contributed by atoms with Gasteiger partial charge >= 0.3 is 5.97 Å². The fraction of sp³-hybridized carbons (Fsp3) is 0.211. The van der Waals surface area contributed by atoms with E-state index < -0.39 is 5.97 Å². The van der Waals surface area contributed by atoms with E-state index in [2.05, 4.69) is 5.92 Å². The molecule has 0 spiro atoms. The standard InChI is InChI=1S/C19H16Cl2O3/c1-11(2)14-7-12(3-5-18(14)22)8-15-16(20)9-13(10-17(15)21)4-6-19(23)24/h3,5,7,9-11,22H,8H2,1-2H3,(H,23,24). The van der Waals surface area contributed by atoms with Gasteiger partial charge in [0.15, 0.2) is 0 Å². The van der Waals surface area contributed by atoms with Gasteiger partial charge in [0.2, 0.25) is 0 Å². The van der Waals surface area contributed by atoms with Gasteiger partial charge in [-0.1, -0.05) is 55.1 Å². The van der Waals surface area contributed by atoms with Gasteiger partial charge in [-0.25, -0.2) is 4.79 Å². The molecule has 0 fully saturated rings. The number of carbonyl (C=O) groups is 1. The van der Waals surface area contributed by atoms with Crippen molar-refractivity contribution in [2.75, 3.05) is 0 Å². The molecule has 0 aliphatic carbocycles. The summed E-state index contributed by atoms with van der Waals surface area (Å²) >= 11 is 12.6. The van der Waals surface area contributed by atoms with Gasteiger partial charge < -0.3 is 10.2 Å². The minimum atomic E-state index is -1.21. The molecule has 0 amide bonds. The zero-order valence-corrected chi connectivity index (χ0v) is 14.7. The molecule has 2 rings (SSSR count). The second-order valence-electron chi connectivity index (χ2n) is 5.70. The fourth-order valence-corrected chi connectivity index (χ4v) is 2.97. The fourth-order valence-electron chi connectivity index (χ4n) is 2.35. The van der Waals surface area contributed by atoms with Crippen molar-refractivity contribution in [3.8, 4) is 17.6 Å². The highest BCUT2D eigenvalue weighted by Crippen LogP contribution is 2.31. The lowest BCUT2D eigenvalue weighted by molar-refractivity contribution is -0.130. The largest absolute Gasteiger partial charge is 0.508 e. The minimum Gasteiger partial charge on any atom is -0.508 e. The highest BCUT2D eigenvalue weighted by molar-refractivity contribution is 6.36. The van der Waals surface area contributed by atoms with E-state index in [0.29, 0.717) is 22.0 Å². The lowest BCUT2D eigenvalue weighted by atomic mass is 9.96. The summed E-state index contributed by atoms with van der Waals surface area (Å²) < 4.78 is 0. The highest BCUT2D eigenvalue weighted by atomic mass is 35.5. The second kappa shape index (κ2) is 7.61. The average molecular weight is 363 g/mol. The highest BCUT2D eigenvalue weighted by Gasteiger charge is 2.12. The SMILES string of the molecule is CC(C)c1cc(Cc2c(Cl)cc(C#CC(=O)O)cc2Cl)ccc1O. The lowest BCUT2D eigenvalue weighted by Gasteiger charge is -2.12. The number of benzene rings is 2. The predicted molar refractivity (Wildman–Crippen MR) is 96.0 cm³/mol. The van der Waals surface area contributed by atoms with E-state index in [1.54, 1.807) is 18.2 Å². The van der Waals surface area contributed by atoms with Gasteiger partial charge in [-0.3, -0.25) is 0 Å². The Kier molecular flexibility index (Phi) is 5.77. The van der Waals surface area contributed by atoms with Gasteiger partial charge in [0.05, 0.1) is 0 Å². The van der Waals surface area contributed by atoms with Crippen molar-refractivity contribution in [3.63, 3.8) is 0 Å². The summed E-state index contributed by atoms with van der Waals surface area (Å²) in [5.74, 6) is 3.79. The van der Waals surface area contributed by atoms with Crippen molar-refractivity contribution in [1.29, 1.82) is 0 Å². The van der Waals surface area contributed by atoms with Crippen LogP contribution in [-0.2, 0) is 11.2 Å². The predicted octanol–water partition coefficient (Wildman–Crippen LogP) is 4.85. The van der Waals surface area contributed by atoms with Crippen LogP contribution in [0.1, 0.15) is 42.0 Å². The summed E-state index contributed by atoms with van der Waals surface area (Å²) in [6.45, 7) is 4.02. The third kappa shape index (κ3) is 4.44. The van der Waals surface area contributed by atoms with Crippen LogP contribution >= 0.6 is 23.2 Å². The van der Waals surface area contributed by atoms with Crippen molar-refractivity contribution in [3.05, 3.63) is 62.6 Å². The number of aromatic hydroxyl groups is 1. The molecule has 0 aromatic heterocycles. The summed E-state index contributed by atoms with van der Waals surface area (Å²) in [6.07, 6.45) is 0.504. The molecular weight excluding hydrogens is 347 g/mol. The molecule has 24 heavy (non-hydrogen) atoms. The molecule has 124 valence electrons. The van der Waals surface area contributed by atoms with Gasteiger partial charge in [-0.2, -0.15) is 0 Å². The van der Waals surface area contributed by atoms with E-state index in [9.17, 15) is 9.90 Å². The Morgan fingerprint density at radius 2 is 1.79 bits per heavy atom. The van der Waals surface area contributed by atoms with Gasteiger partial charge in [-0.05, 0) is 40.8 Å². The molecule has 5 heteroatoms. The van der Waals surface area contributed by atoms with Crippen LogP contribution in [-0.4, -0.2) is 16.2 Å². The first-order chi connectivity index (χ1) is 11.3. The van der Waals surface area contributed by atoms with Crippen molar-refractivity contribution < 1.29 is 15.0 Å². The Labute approximate surface area is 150 Å². The molecule has 0 saturated carbocycles. The minimum absolute atomic E-state index is 0.199. The molecule has 2 aromatic carbocycles. The topological polar surface area (TPSA) is 57.5 Å². The van der Waals surface area contributed by atoms with Crippen LogP contribution in [0.2, 0.25) is 10.0 Å². The van der Waals surface area contributed by atoms with Crippen LogP contribution in [0.15, 0.2) is 30.3 Å². The van der Waals surface area contributed by atoms with Crippen LogP contribution in [0.3, 0.4) is 0 Å². The van der Waals surface area contributed by atoms with Gasteiger partial charge in [0.25, 0.3) is 0 Å². The van der Waals surface area contributed by atoms with Crippen molar-refractivity contribution in [1.82, 2.24) is 0 Å². The van der Waals surface area contributed by atoms with E-state index in [1.165, 1.54) is 0 Å². The third-order valence-electron chi connectivity index (χ3n) is 3.55. The molecule has 0 saturated heterocycles. The van der Waals surface area contributed by atoms with Gasteiger partial charge in [-0.15, -0.1) is 0 Å². The first-order valence-corrected chi connectivity index (χ1v) is 8.08. The van der Waals surface area contributed by atoms with E-state index in [0.717, 1.165) is 16.7 Å². The maximum absolute atomic E-state index is 10.5. The van der Waals surface area contributed by atoms with Crippen LogP contribution in [0.4, 0.5) is 0 Å². The maximum Gasteiger partial charge on any atom is 0.382 e. The molecule has 0 radical (unpaired) electrons. The first-order valence-electron chi connectivity index (χ1n) is 7.32. The van der Waals surface area contributed by atoms with Crippen LogP contribution < -0.4 is 0 Å². The monoisotopic (exact) mass is 362 g/mol. The Morgan fingerprint density at radius 1 is 1.17 bits per heavy atom. The zero-order valence-electron chi connectivity index (χ0n) is 13.2. The molecule has 0 aliphatic rings. The number of rotatable bonds is 3.